The molecule has 0 unspecified atom stereocenters. The van der Waals surface area contributed by atoms with Gasteiger partial charge in [-0.2, -0.15) is 5.10 Å². The Hall–Kier alpha value is -3.13. The van der Waals surface area contributed by atoms with Crippen molar-refractivity contribution < 1.29 is 9.18 Å². The molecule has 1 N–H and O–H groups in total. The molecule has 1 amide bonds. The lowest BCUT2D eigenvalue weighted by Crippen LogP contribution is -2.40. The summed E-state index contributed by atoms with van der Waals surface area (Å²) < 4.78 is 15.8. The van der Waals surface area contributed by atoms with Crippen LogP contribution in [0.2, 0.25) is 0 Å². The van der Waals surface area contributed by atoms with Gasteiger partial charge >= 0.3 is 0 Å². The molecule has 32 heavy (non-hydrogen) atoms. The number of nitrogens with zero attached hydrogens (tertiary/aromatic N) is 5. The number of amides is 1. The quantitative estimate of drug-likeness (QED) is 0.610. The van der Waals surface area contributed by atoms with E-state index in [0.717, 1.165) is 25.2 Å². The third kappa shape index (κ3) is 4.41. The zero-order valence-electron chi connectivity index (χ0n) is 18.8. The molecule has 0 bridgehead atoms. The molecule has 4 rings (SSSR count). The number of carbonyl (C=O) groups excluding carboxylic acids is 1. The summed E-state index contributed by atoms with van der Waals surface area (Å²) in [4.78, 5) is 24.3. The van der Waals surface area contributed by atoms with Crippen molar-refractivity contribution in [3.63, 3.8) is 0 Å². The fraction of sp³-hybridized carbons (Fsp3) is 0.417. The second kappa shape index (κ2) is 9.56. The highest BCUT2D eigenvalue weighted by molar-refractivity contribution is 5.95. The van der Waals surface area contributed by atoms with Gasteiger partial charge in [-0.05, 0) is 50.0 Å². The van der Waals surface area contributed by atoms with Gasteiger partial charge in [0.2, 0.25) is 0 Å². The lowest BCUT2D eigenvalue weighted by Gasteiger charge is -2.23. The molecule has 1 aromatic carbocycles. The van der Waals surface area contributed by atoms with Crippen LogP contribution in [0.25, 0.3) is 17.2 Å². The predicted octanol–water partition coefficient (Wildman–Crippen LogP) is 3.81. The van der Waals surface area contributed by atoms with E-state index < -0.39 is 0 Å². The van der Waals surface area contributed by atoms with Gasteiger partial charge in [-0.15, -0.1) is 0 Å². The van der Waals surface area contributed by atoms with Gasteiger partial charge in [-0.3, -0.25) is 9.69 Å². The van der Waals surface area contributed by atoms with Crippen LogP contribution in [0.3, 0.4) is 0 Å². The van der Waals surface area contributed by atoms with Crippen molar-refractivity contribution in [1.82, 2.24) is 30.0 Å². The Morgan fingerprint density at radius 1 is 1.28 bits per heavy atom. The third-order valence-electron chi connectivity index (χ3n) is 5.98. The summed E-state index contributed by atoms with van der Waals surface area (Å²) in [6.07, 6.45) is 5.41. The van der Waals surface area contributed by atoms with E-state index in [1.165, 1.54) is 12.5 Å². The minimum atomic E-state index is -0.352. The van der Waals surface area contributed by atoms with Crippen LogP contribution in [0.5, 0.6) is 0 Å². The first-order valence-corrected chi connectivity index (χ1v) is 11.2. The van der Waals surface area contributed by atoms with Gasteiger partial charge in [-0.25, -0.2) is 19.0 Å². The van der Waals surface area contributed by atoms with Crippen LogP contribution in [-0.2, 0) is 0 Å². The van der Waals surface area contributed by atoms with Crippen molar-refractivity contribution in [2.75, 3.05) is 19.6 Å². The molecule has 8 heteroatoms. The summed E-state index contributed by atoms with van der Waals surface area (Å²) in [6, 6.07) is 8.52. The molecule has 0 spiro atoms. The minimum Gasteiger partial charge on any atom is -0.350 e. The number of halogens is 1. The second-order valence-corrected chi connectivity index (χ2v) is 8.37. The summed E-state index contributed by atoms with van der Waals surface area (Å²) in [6.45, 7) is 8.85. The molecule has 0 aliphatic carbocycles. The van der Waals surface area contributed by atoms with Crippen LogP contribution in [0.4, 0.5) is 4.39 Å². The summed E-state index contributed by atoms with van der Waals surface area (Å²) in [5.41, 5.74) is 2.10. The maximum atomic E-state index is 14.3. The Bertz CT molecular complexity index is 1100. The van der Waals surface area contributed by atoms with Crippen molar-refractivity contribution >= 4 is 5.91 Å². The zero-order chi connectivity index (χ0) is 22.7. The number of benzene rings is 1. The van der Waals surface area contributed by atoms with Crippen LogP contribution in [0.1, 0.15) is 55.6 Å². The number of aromatic nitrogens is 4. The molecule has 3 heterocycles. The maximum absolute atomic E-state index is 14.3. The Balaban J connectivity index is 1.61. The number of hydrogen-bond donors (Lipinski definition) is 1. The molecule has 1 aliphatic heterocycles. The standard InChI is InChI=1S/C24H29FN6O/c1-4-30-13-7-8-17(30)14-27-23(32)19-15-28-31(22(19)16(2)3)24-26-12-11-21(29-24)18-9-5-6-10-20(18)25/h5-6,9-12,15-17H,4,7-8,13-14H2,1-3H3,(H,27,32)/t17-/m0/s1. The largest absolute Gasteiger partial charge is 0.350 e. The summed E-state index contributed by atoms with van der Waals surface area (Å²) in [5, 5.41) is 7.51. The van der Waals surface area contributed by atoms with Crippen LogP contribution < -0.4 is 5.32 Å². The average Bonchev–Trinajstić information content (AvgIpc) is 3.45. The van der Waals surface area contributed by atoms with Crippen molar-refractivity contribution in [1.29, 1.82) is 0 Å². The number of nitrogens with one attached hydrogen (secondary N) is 1. The van der Waals surface area contributed by atoms with E-state index in [2.05, 4.69) is 32.2 Å². The Morgan fingerprint density at radius 3 is 2.84 bits per heavy atom. The molecule has 0 saturated carbocycles. The van der Waals surface area contributed by atoms with E-state index in [-0.39, 0.29) is 17.6 Å². The third-order valence-corrected chi connectivity index (χ3v) is 5.98. The number of rotatable bonds is 7. The summed E-state index contributed by atoms with van der Waals surface area (Å²) in [7, 11) is 0. The topological polar surface area (TPSA) is 75.9 Å². The van der Waals surface area contributed by atoms with E-state index in [1.807, 2.05) is 13.8 Å². The van der Waals surface area contributed by atoms with Crippen molar-refractivity contribution in [3.8, 4) is 17.2 Å². The Morgan fingerprint density at radius 2 is 2.09 bits per heavy atom. The van der Waals surface area contributed by atoms with Crippen LogP contribution >= 0.6 is 0 Å². The molecule has 0 radical (unpaired) electrons. The maximum Gasteiger partial charge on any atom is 0.254 e. The minimum absolute atomic E-state index is 0.0117. The zero-order valence-corrected chi connectivity index (χ0v) is 18.8. The highest BCUT2D eigenvalue weighted by Crippen LogP contribution is 2.25. The normalized spacial score (nSPS) is 16.6. The lowest BCUT2D eigenvalue weighted by atomic mass is 10.1. The average molecular weight is 437 g/mol. The second-order valence-electron chi connectivity index (χ2n) is 8.37. The molecule has 1 aliphatic rings. The first-order chi connectivity index (χ1) is 15.5. The van der Waals surface area contributed by atoms with Gasteiger partial charge in [0.15, 0.2) is 0 Å². The highest BCUT2D eigenvalue weighted by Gasteiger charge is 2.26. The fourth-order valence-electron chi connectivity index (χ4n) is 4.37. The molecule has 7 nitrogen and oxygen atoms in total. The lowest BCUT2D eigenvalue weighted by molar-refractivity contribution is 0.0940. The molecular weight excluding hydrogens is 407 g/mol. The number of likely N-dealkylation sites (tertiary alicyclic amines) is 1. The molecule has 1 atom stereocenters. The van der Waals surface area contributed by atoms with E-state index in [4.69, 9.17) is 0 Å². The van der Waals surface area contributed by atoms with Crippen molar-refractivity contribution in [2.45, 2.75) is 45.6 Å². The molecule has 168 valence electrons. The van der Waals surface area contributed by atoms with Crippen molar-refractivity contribution in [3.05, 3.63) is 59.8 Å². The molecule has 1 saturated heterocycles. The van der Waals surface area contributed by atoms with E-state index in [0.29, 0.717) is 35.4 Å². The van der Waals surface area contributed by atoms with Crippen LogP contribution in [0.15, 0.2) is 42.7 Å². The van der Waals surface area contributed by atoms with Crippen LogP contribution in [-0.4, -0.2) is 56.2 Å². The monoisotopic (exact) mass is 436 g/mol. The predicted molar refractivity (Wildman–Crippen MR) is 121 cm³/mol. The smallest absolute Gasteiger partial charge is 0.254 e. The molecule has 2 aromatic heterocycles. The van der Waals surface area contributed by atoms with E-state index in [9.17, 15) is 9.18 Å². The van der Waals surface area contributed by atoms with Gasteiger partial charge in [0.1, 0.15) is 5.82 Å². The SMILES string of the molecule is CCN1CCC[C@H]1CNC(=O)c1cnn(-c2nccc(-c3ccccc3F)n2)c1C(C)C. The molecule has 1 fully saturated rings. The van der Waals surface area contributed by atoms with Gasteiger partial charge in [0, 0.05) is 24.3 Å². The number of likely N-dealkylation sites (N-methyl/N-ethyl adjacent to an activating group) is 1. The van der Waals surface area contributed by atoms with E-state index >= 15 is 0 Å². The van der Waals surface area contributed by atoms with Gasteiger partial charge in [-0.1, -0.05) is 32.9 Å². The first-order valence-electron chi connectivity index (χ1n) is 11.2. The van der Waals surface area contributed by atoms with Crippen LogP contribution in [0, 0.1) is 5.82 Å². The van der Waals surface area contributed by atoms with Gasteiger partial charge in [0.05, 0.1) is 23.1 Å². The first kappa shape index (κ1) is 22.1. The highest BCUT2D eigenvalue weighted by atomic mass is 19.1. The van der Waals surface area contributed by atoms with Gasteiger partial charge in [0.25, 0.3) is 11.9 Å². The number of hydrogen-bond acceptors (Lipinski definition) is 5. The fourth-order valence-corrected chi connectivity index (χ4v) is 4.37. The molecule has 3 aromatic rings. The van der Waals surface area contributed by atoms with Crippen molar-refractivity contribution in [2.24, 2.45) is 0 Å². The summed E-state index contributed by atoms with van der Waals surface area (Å²) >= 11 is 0. The summed E-state index contributed by atoms with van der Waals surface area (Å²) in [5.74, 6) is -0.179. The van der Waals surface area contributed by atoms with E-state index in [1.54, 1.807) is 41.3 Å². The van der Waals surface area contributed by atoms with Gasteiger partial charge < -0.3 is 5.32 Å². The Labute approximate surface area is 187 Å². The Kier molecular flexibility index (Phi) is 6.60. The molecular formula is C24H29FN6O. The number of carbonyl (C=O) groups is 1.